The highest BCUT2D eigenvalue weighted by atomic mass is 16.5. The number of aliphatic hydroxyl groups is 1. The molecule has 0 saturated heterocycles. The Morgan fingerprint density at radius 1 is 1.17 bits per heavy atom. The third kappa shape index (κ3) is 9.72. The molecule has 0 aliphatic heterocycles. The van der Waals surface area contributed by atoms with E-state index in [4.69, 9.17) is 4.74 Å². The highest BCUT2D eigenvalue weighted by Gasteiger charge is 2.08. The molecule has 0 aliphatic rings. The Labute approximate surface area is 141 Å². The minimum absolute atomic E-state index is 0.369. The van der Waals surface area contributed by atoms with Gasteiger partial charge in [-0.1, -0.05) is 44.2 Å². The molecule has 0 aromatic heterocycles. The van der Waals surface area contributed by atoms with Crippen LogP contribution in [0.2, 0.25) is 0 Å². The van der Waals surface area contributed by atoms with Gasteiger partial charge < -0.3 is 20.1 Å². The second-order valence-electron chi connectivity index (χ2n) is 6.13. The smallest absolute Gasteiger partial charge is 0.0897 e. The third-order valence-electron chi connectivity index (χ3n) is 4.13. The van der Waals surface area contributed by atoms with E-state index in [1.54, 1.807) is 0 Å². The number of benzene rings is 1. The maximum atomic E-state index is 9.97. The minimum Gasteiger partial charge on any atom is -0.389 e. The molecule has 1 rings (SSSR count). The molecule has 4 nitrogen and oxygen atoms in total. The van der Waals surface area contributed by atoms with Crippen LogP contribution in [-0.4, -0.2) is 54.9 Å². The number of hydrogen-bond acceptors (Lipinski definition) is 4. The molecule has 0 bridgehead atoms. The molecule has 0 heterocycles. The van der Waals surface area contributed by atoms with Gasteiger partial charge in [0.25, 0.3) is 0 Å². The molecule has 0 amide bonds. The maximum absolute atomic E-state index is 9.97. The topological polar surface area (TPSA) is 44.7 Å². The molecule has 0 radical (unpaired) electrons. The standard InChI is InChI=1S/C19H34N2O2/c1-4-21(5-2)13-9-10-17(3)20-14-19(22)16-23-15-18-11-7-6-8-12-18/h6-8,11-12,17,19-20,22H,4-5,9-10,13-16H2,1-3H3. The molecule has 132 valence electrons. The number of rotatable bonds is 13. The Morgan fingerprint density at radius 3 is 2.52 bits per heavy atom. The highest BCUT2D eigenvalue weighted by molar-refractivity contribution is 5.13. The van der Waals surface area contributed by atoms with Gasteiger partial charge in [0.05, 0.1) is 19.3 Å². The second-order valence-corrected chi connectivity index (χ2v) is 6.13. The summed E-state index contributed by atoms with van der Waals surface area (Å²) < 4.78 is 5.56. The Morgan fingerprint density at radius 2 is 1.87 bits per heavy atom. The number of ether oxygens (including phenoxy) is 1. The van der Waals surface area contributed by atoms with Crippen LogP contribution in [0.15, 0.2) is 30.3 Å². The maximum Gasteiger partial charge on any atom is 0.0897 e. The average Bonchev–Trinajstić information content (AvgIpc) is 2.58. The molecular formula is C19H34N2O2. The van der Waals surface area contributed by atoms with Gasteiger partial charge in [-0.15, -0.1) is 0 Å². The van der Waals surface area contributed by atoms with Gasteiger partial charge >= 0.3 is 0 Å². The van der Waals surface area contributed by atoms with Crippen LogP contribution in [0, 0.1) is 0 Å². The van der Waals surface area contributed by atoms with Crippen molar-refractivity contribution in [3.8, 4) is 0 Å². The number of hydrogen-bond donors (Lipinski definition) is 2. The first-order valence-corrected chi connectivity index (χ1v) is 8.91. The summed E-state index contributed by atoms with van der Waals surface area (Å²) in [6.45, 7) is 11.5. The van der Waals surface area contributed by atoms with Gasteiger partial charge in [0, 0.05) is 12.6 Å². The lowest BCUT2D eigenvalue weighted by molar-refractivity contribution is 0.0277. The molecule has 1 aromatic rings. The summed E-state index contributed by atoms with van der Waals surface area (Å²) in [4.78, 5) is 2.44. The van der Waals surface area contributed by atoms with Crippen molar-refractivity contribution < 1.29 is 9.84 Å². The molecule has 2 N–H and O–H groups in total. The van der Waals surface area contributed by atoms with Crippen LogP contribution in [-0.2, 0) is 11.3 Å². The Hall–Kier alpha value is -0.940. The average molecular weight is 322 g/mol. The van der Waals surface area contributed by atoms with Gasteiger partial charge in [-0.3, -0.25) is 0 Å². The molecule has 2 unspecified atom stereocenters. The van der Waals surface area contributed by atoms with Crippen molar-refractivity contribution in [2.45, 2.75) is 52.4 Å². The van der Waals surface area contributed by atoms with Crippen molar-refractivity contribution in [1.82, 2.24) is 10.2 Å². The predicted octanol–water partition coefficient (Wildman–Crippen LogP) is 2.66. The molecule has 0 fully saturated rings. The lowest BCUT2D eigenvalue weighted by Gasteiger charge is -2.20. The first-order valence-electron chi connectivity index (χ1n) is 8.91. The first kappa shape index (κ1) is 20.1. The molecule has 1 aromatic carbocycles. The normalized spacial score (nSPS) is 14.1. The summed E-state index contributed by atoms with van der Waals surface area (Å²) in [7, 11) is 0. The summed E-state index contributed by atoms with van der Waals surface area (Å²) in [5.41, 5.74) is 1.14. The summed E-state index contributed by atoms with van der Waals surface area (Å²) in [5.74, 6) is 0. The van der Waals surface area contributed by atoms with Crippen LogP contribution in [0.25, 0.3) is 0 Å². The van der Waals surface area contributed by atoms with Crippen molar-refractivity contribution in [2.24, 2.45) is 0 Å². The lowest BCUT2D eigenvalue weighted by Crippen LogP contribution is -2.36. The summed E-state index contributed by atoms with van der Waals surface area (Å²) in [6.07, 6.45) is 1.87. The second kappa shape index (κ2) is 12.5. The predicted molar refractivity (Wildman–Crippen MR) is 96.6 cm³/mol. The molecular weight excluding hydrogens is 288 g/mol. The van der Waals surface area contributed by atoms with Gasteiger partial charge in [-0.05, 0) is 45.0 Å². The van der Waals surface area contributed by atoms with Crippen molar-refractivity contribution in [3.05, 3.63) is 35.9 Å². The summed E-state index contributed by atoms with van der Waals surface area (Å²) in [5, 5.41) is 13.4. The van der Waals surface area contributed by atoms with Crippen molar-refractivity contribution in [3.63, 3.8) is 0 Å². The lowest BCUT2D eigenvalue weighted by atomic mass is 10.1. The molecule has 0 saturated carbocycles. The van der Waals surface area contributed by atoms with Crippen LogP contribution < -0.4 is 5.32 Å². The van der Waals surface area contributed by atoms with Crippen LogP contribution in [0.1, 0.15) is 39.2 Å². The fraction of sp³-hybridized carbons (Fsp3) is 0.684. The first-order chi connectivity index (χ1) is 11.2. The summed E-state index contributed by atoms with van der Waals surface area (Å²) in [6, 6.07) is 10.5. The minimum atomic E-state index is -0.455. The van der Waals surface area contributed by atoms with E-state index in [0.29, 0.717) is 25.8 Å². The van der Waals surface area contributed by atoms with Crippen molar-refractivity contribution in [1.29, 1.82) is 0 Å². The fourth-order valence-electron chi connectivity index (χ4n) is 2.55. The van der Waals surface area contributed by atoms with Crippen LogP contribution in [0.4, 0.5) is 0 Å². The van der Waals surface area contributed by atoms with E-state index in [-0.39, 0.29) is 0 Å². The summed E-state index contributed by atoms with van der Waals surface area (Å²) >= 11 is 0. The van der Waals surface area contributed by atoms with Crippen molar-refractivity contribution >= 4 is 0 Å². The van der Waals surface area contributed by atoms with E-state index in [9.17, 15) is 5.11 Å². The van der Waals surface area contributed by atoms with Gasteiger partial charge in [0.15, 0.2) is 0 Å². The molecule has 23 heavy (non-hydrogen) atoms. The molecule has 2 atom stereocenters. The number of aliphatic hydroxyl groups excluding tert-OH is 1. The quantitative estimate of drug-likeness (QED) is 0.586. The monoisotopic (exact) mass is 322 g/mol. The van der Waals surface area contributed by atoms with Crippen LogP contribution in [0.3, 0.4) is 0 Å². The zero-order chi connectivity index (χ0) is 16.9. The van der Waals surface area contributed by atoms with E-state index in [1.807, 2.05) is 30.3 Å². The Bertz CT molecular complexity index is 382. The van der Waals surface area contributed by atoms with E-state index < -0.39 is 6.10 Å². The van der Waals surface area contributed by atoms with E-state index in [2.05, 4.69) is 31.0 Å². The Balaban J connectivity index is 2.04. The van der Waals surface area contributed by atoms with Gasteiger partial charge in [-0.2, -0.15) is 0 Å². The fourth-order valence-corrected chi connectivity index (χ4v) is 2.55. The van der Waals surface area contributed by atoms with E-state index in [1.165, 1.54) is 6.42 Å². The molecule has 4 heteroatoms. The SMILES string of the molecule is CCN(CC)CCCC(C)NCC(O)COCc1ccccc1. The van der Waals surface area contributed by atoms with Gasteiger partial charge in [0.2, 0.25) is 0 Å². The highest BCUT2D eigenvalue weighted by Crippen LogP contribution is 2.02. The Kier molecular flexibility index (Phi) is 10.9. The van der Waals surface area contributed by atoms with Crippen molar-refractivity contribution in [2.75, 3.05) is 32.8 Å². The molecule has 0 spiro atoms. The zero-order valence-corrected chi connectivity index (χ0v) is 15.0. The third-order valence-corrected chi connectivity index (χ3v) is 4.13. The largest absolute Gasteiger partial charge is 0.389 e. The van der Waals surface area contributed by atoms with Gasteiger partial charge in [0.1, 0.15) is 0 Å². The number of nitrogens with zero attached hydrogens (tertiary/aromatic N) is 1. The van der Waals surface area contributed by atoms with Crippen LogP contribution >= 0.6 is 0 Å². The van der Waals surface area contributed by atoms with E-state index in [0.717, 1.165) is 31.6 Å². The van der Waals surface area contributed by atoms with Crippen LogP contribution in [0.5, 0.6) is 0 Å². The van der Waals surface area contributed by atoms with Gasteiger partial charge in [-0.25, -0.2) is 0 Å². The number of nitrogens with one attached hydrogen (secondary N) is 1. The zero-order valence-electron chi connectivity index (χ0n) is 15.0. The van der Waals surface area contributed by atoms with E-state index >= 15 is 0 Å². The molecule has 0 aliphatic carbocycles.